The van der Waals surface area contributed by atoms with E-state index >= 15 is 0 Å². The Labute approximate surface area is 160 Å². The summed E-state index contributed by atoms with van der Waals surface area (Å²) in [6, 6.07) is 4.37. The van der Waals surface area contributed by atoms with Gasteiger partial charge in [0.1, 0.15) is 0 Å². The van der Waals surface area contributed by atoms with Crippen LogP contribution in [0.25, 0.3) is 0 Å². The van der Waals surface area contributed by atoms with Gasteiger partial charge in [-0.15, -0.1) is 0 Å². The molecule has 1 aromatic carbocycles. The van der Waals surface area contributed by atoms with Crippen molar-refractivity contribution in [1.29, 1.82) is 0 Å². The molecule has 0 spiro atoms. The molecule has 1 saturated heterocycles. The molecule has 0 aromatic heterocycles. The third-order valence-electron chi connectivity index (χ3n) is 4.88. The van der Waals surface area contributed by atoms with Gasteiger partial charge in [-0.05, 0) is 44.9 Å². The molecule has 1 fully saturated rings. The first-order chi connectivity index (χ1) is 12.7. The quantitative estimate of drug-likeness (QED) is 0.624. The van der Waals surface area contributed by atoms with Crippen molar-refractivity contribution in [2.75, 3.05) is 25.2 Å². The topological polar surface area (TPSA) is 90.0 Å². The molecule has 7 nitrogen and oxygen atoms in total. The third kappa shape index (κ3) is 5.22. The van der Waals surface area contributed by atoms with E-state index in [0.29, 0.717) is 23.5 Å². The fourth-order valence-corrected chi connectivity index (χ4v) is 4.93. The summed E-state index contributed by atoms with van der Waals surface area (Å²) in [5.41, 5.74) is 0.489. The Hall–Kier alpha value is -2.09. The van der Waals surface area contributed by atoms with Gasteiger partial charge in [0.2, 0.25) is 0 Å². The van der Waals surface area contributed by atoms with E-state index in [1.807, 2.05) is 13.8 Å². The number of methoxy groups -OCH3 is 1. The molecule has 8 heteroatoms. The van der Waals surface area contributed by atoms with Gasteiger partial charge in [-0.1, -0.05) is 6.92 Å². The van der Waals surface area contributed by atoms with Crippen molar-refractivity contribution in [3.63, 3.8) is 0 Å². The monoisotopic (exact) mass is 397 g/mol. The van der Waals surface area contributed by atoms with Crippen LogP contribution in [-0.4, -0.2) is 62.3 Å². The molecule has 0 aliphatic carbocycles. The second-order valence-electron chi connectivity index (χ2n) is 6.83. The molecule has 1 aromatic rings. The molecule has 1 amide bonds. The van der Waals surface area contributed by atoms with Gasteiger partial charge in [-0.25, -0.2) is 8.42 Å². The highest BCUT2D eigenvalue weighted by molar-refractivity contribution is 7.91. The summed E-state index contributed by atoms with van der Waals surface area (Å²) in [6.45, 7) is 5.10. The van der Waals surface area contributed by atoms with Crippen molar-refractivity contribution in [3.8, 4) is 11.5 Å². The first-order valence-corrected chi connectivity index (χ1v) is 10.8. The van der Waals surface area contributed by atoms with Crippen LogP contribution in [0, 0.1) is 0 Å². The zero-order valence-corrected chi connectivity index (χ0v) is 17.0. The lowest BCUT2D eigenvalue weighted by molar-refractivity contribution is -0.137. The standard InChI is InChI=1S/C19H27NO6S/c1-5-13(2)20(16-8-9-27(23,24)12-16)19(22)11-26-17-7-6-15(14(3)21)10-18(17)25-4/h6-7,10,13,16H,5,8-9,11-12H2,1-4H3/t13-,16+/m1/s1. The van der Waals surface area contributed by atoms with Crippen molar-refractivity contribution < 1.29 is 27.5 Å². The minimum absolute atomic E-state index is 0.000288. The Morgan fingerprint density at radius 3 is 2.52 bits per heavy atom. The number of hydrogen-bond acceptors (Lipinski definition) is 6. The molecule has 0 bridgehead atoms. The Bertz CT molecular complexity index is 804. The highest BCUT2D eigenvalue weighted by atomic mass is 32.2. The van der Waals surface area contributed by atoms with Crippen LogP contribution >= 0.6 is 0 Å². The van der Waals surface area contributed by atoms with Gasteiger partial charge >= 0.3 is 0 Å². The number of carbonyl (C=O) groups excluding carboxylic acids is 2. The molecule has 0 N–H and O–H groups in total. The van der Waals surface area contributed by atoms with Crippen LogP contribution in [0.3, 0.4) is 0 Å². The third-order valence-corrected chi connectivity index (χ3v) is 6.63. The molecule has 1 aliphatic heterocycles. The summed E-state index contributed by atoms with van der Waals surface area (Å²) in [5.74, 6) is 0.484. The largest absolute Gasteiger partial charge is 0.493 e. The van der Waals surface area contributed by atoms with E-state index in [0.717, 1.165) is 6.42 Å². The van der Waals surface area contributed by atoms with E-state index in [4.69, 9.17) is 9.47 Å². The number of hydrogen-bond donors (Lipinski definition) is 0. The maximum atomic E-state index is 12.8. The number of rotatable bonds is 8. The lowest BCUT2D eigenvalue weighted by Crippen LogP contribution is -2.48. The van der Waals surface area contributed by atoms with Crippen LogP contribution in [0.15, 0.2) is 18.2 Å². The van der Waals surface area contributed by atoms with Crippen LogP contribution in [0.4, 0.5) is 0 Å². The van der Waals surface area contributed by atoms with Crippen LogP contribution in [0.1, 0.15) is 44.0 Å². The molecular weight excluding hydrogens is 370 g/mol. The number of ketones is 1. The lowest BCUT2D eigenvalue weighted by atomic mass is 10.1. The van der Waals surface area contributed by atoms with Gasteiger partial charge in [0.15, 0.2) is 33.7 Å². The van der Waals surface area contributed by atoms with Crippen molar-refractivity contribution in [1.82, 2.24) is 4.90 Å². The van der Waals surface area contributed by atoms with Gasteiger partial charge < -0.3 is 14.4 Å². The molecule has 150 valence electrons. The Balaban J connectivity index is 2.13. The summed E-state index contributed by atoms with van der Waals surface area (Å²) in [4.78, 5) is 25.9. The summed E-state index contributed by atoms with van der Waals surface area (Å²) in [7, 11) is -1.63. The lowest BCUT2D eigenvalue weighted by Gasteiger charge is -2.33. The van der Waals surface area contributed by atoms with Gasteiger partial charge in [0.05, 0.1) is 18.6 Å². The van der Waals surface area contributed by atoms with E-state index in [1.54, 1.807) is 23.1 Å². The number of Topliss-reactive ketones (excluding diaryl/α,β-unsaturated/α-hetero) is 1. The minimum atomic E-state index is -3.09. The minimum Gasteiger partial charge on any atom is -0.493 e. The average molecular weight is 397 g/mol. The SMILES string of the molecule is CC[C@@H](C)N(C(=O)COc1ccc(C(C)=O)cc1OC)[C@H]1CCS(=O)(=O)C1. The first-order valence-electron chi connectivity index (χ1n) is 9.01. The van der Waals surface area contributed by atoms with Crippen molar-refractivity contribution >= 4 is 21.5 Å². The predicted molar refractivity (Wildman–Crippen MR) is 102 cm³/mol. The van der Waals surface area contributed by atoms with Crippen LogP contribution in [0.5, 0.6) is 11.5 Å². The van der Waals surface area contributed by atoms with Crippen molar-refractivity contribution in [3.05, 3.63) is 23.8 Å². The highest BCUT2D eigenvalue weighted by Gasteiger charge is 2.36. The summed E-state index contributed by atoms with van der Waals surface area (Å²) < 4.78 is 34.5. The predicted octanol–water partition coefficient (Wildman–Crippen LogP) is 2.09. The highest BCUT2D eigenvalue weighted by Crippen LogP contribution is 2.29. The number of nitrogens with zero attached hydrogens (tertiary/aromatic N) is 1. The zero-order valence-electron chi connectivity index (χ0n) is 16.2. The average Bonchev–Trinajstić information content (AvgIpc) is 2.98. The molecule has 1 aliphatic rings. The number of ether oxygens (including phenoxy) is 2. The van der Waals surface area contributed by atoms with Crippen LogP contribution < -0.4 is 9.47 Å². The smallest absolute Gasteiger partial charge is 0.261 e. The van der Waals surface area contributed by atoms with E-state index in [1.165, 1.54) is 14.0 Å². The molecule has 0 saturated carbocycles. The Morgan fingerprint density at radius 2 is 2.00 bits per heavy atom. The number of amides is 1. The van der Waals surface area contributed by atoms with Crippen LogP contribution in [0.2, 0.25) is 0 Å². The van der Waals surface area contributed by atoms with Crippen LogP contribution in [-0.2, 0) is 14.6 Å². The molecule has 2 rings (SSSR count). The molecule has 0 radical (unpaired) electrons. The van der Waals surface area contributed by atoms with Gasteiger partial charge in [0.25, 0.3) is 5.91 Å². The second-order valence-corrected chi connectivity index (χ2v) is 9.05. The Morgan fingerprint density at radius 1 is 1.30 bits per heavy atom. The van der Waals surface area contributed by atoms with Crippen molar-refractivity contribution in [2.45, 2.75) is 45.7 Å². The summed E-state index contributed by atoms with van der Waals surface area (Å²) >= 11 is 0. The van der Waals surface area contributed by atoms with Gasteiger partial charge in [0, 0.05) is 17.6 Å². The van der Waals surface area contributed by atoms with E-state index in [-0.39, 0.29) is 41.9 Å². The molecule has 0 unspecified atom stereocenters. The van der Waals surface area contributed by atoms with E-state index < -0.39 is 9.84 Å². The van der Waals surface area contributed by atoms with Gasteiger partial charge in [-0.2, -0.15) is 0 Å². The van der Waals surface area contributed by atoms with E-state index in [2.05, 4.69) is 0 Å². The summed E-state index contributed by atoms with van der Waals surface area (Å²) in [5, 5.41) is 0. The fraction of sp³-hybridized carbons (Fsp3) is 0.579. The van der Waals surface area contributed by atoms with Crippen molar-refractivity contribution in [2.24, 2.45) is 0 Å². The molecule has 1 heterocycles. The molecule has 27 heavy (non-hydrogen) atoms. The van der Waals surface area contributed by atoms with Gasteiger partial charge in [-0.3, -0.25) is 9.59 Å². The Kier molecular flexibility index (Phi) is 6.86. The van der Waals surface area contributed by atoms with E-state index in [9.17, 15) is 18.0 Å². The first kappa shape index (κ1) is 21.2. The molecular formula is C19H27NO6S. The maximum Gasteiger partial charge on any atom is 0.261 e. The number of benzene rings is 1. The fourth-order valence-electron chi connectivity index (χ4n) is 3.22. The number of sulfone groups is 1. The summed E-state index contributed by atoms with van der Waals surface area (Å²) in [6.07, 6.45) is 1.17. The normalized spacial score (nSPS) is 19.3. The number of carbonyl (C=O) groups is 2. The zero-order chi connectivity index (χ0) is 20.2. The molecule has 2 atom stereocenters. The second kappa shape index (κ2) is 8.73. The maximum absolute atomic E-state index is 12.8.